The highest BCUT2D eigenvalue weighted by Crippen LogP contribution is 2.45. The third-order valence-corrected chi connectivity index (χ3v) is 7.81. The number of nitrogens with zero attached hydrogens (tertiary/aromatic N) is 2. The number of aliphatic hydroxyl groups excluding tert-OH is 1. The van der Waals surface area contributed by atoms with Crippen molar-refractivity contribution in [3.63, 3.8) is 0 Å². The van der Waals surface area contributed by atoms with Gasteiger partial charge in [0.1, 0.15) is 5.76 Å². The lowest BCUT2D eigenvalue weighted by Crippen LogP contribution is -2.32. The number of hydrogen-bond acceptors (Lipinski definition) is 9. The van der Waals surface area contributed by atoms with Crippen LogP contribution in [0.5, 0.6) is 17.2 Å². The fraction of sp³-hybridized carbons (Fsp3) is 0.360. The number of hydrogen-bond donors (Lipinski definition) is 1. The molecular formula is C25H30N2O9S. The molecule has 2 aromatic carbocycles. The van der Waals surface area contributed by atoms with Crippen LogP contribution in [0.3, 0.4) is 0 Å². The zero-order valence-corrected chi connectivity index (χ0v) is 22.3. The van der Waals surface area contributed by atoms with Crippen molar-refractivity contribution in [3.05, 3.63) is 53.1 Å². The maximum absolute atomic E-state index is 13.2. The maximum Gasteiger partial charge on any atom is 0.295 e. The Morgan fingerprint density at radius 2 is 1.54 bits per heavy atom. The largest absolute Gasteiger partial charge is 0.507 e. The molecule has 1 amide bonds. The van der Waals surface area contributed by atoms with E-state index in [4.69, 9.17) is 18.9 Å². The second-order valence-corrected chi connectivity index (χ2v) is 10.4. The van der Waals surface area contributed by atoms with Gasteiger partial charge in [-0.05, 0) is 42.0 Å². The van der Waals surface area contributed by atoms with Gasteiger partial charge in [-0.2, -0.15) is 0 Å². The second-order valence-electron chi connectivity index (χ2n) is 8.26. The number of ether oxygens (including phenoxy) is 4. The zero-order valence-electron chi connectivity index (χ0n) is 21.5. The van der Waals surface area contributed by atoms with E-state index in [-0.39, 0.29) is 29.2 Å². The van der Waals surface area contributed by atoms with Crippen LogP contribution in [0.2, 0.25) is 0 Å². The first-order valence-electron chi connectivity index (χ1n) is 11.1. The molecular weight excluding hydrogens is 504 g/mol. The molecule has 0 bridgehead atoms. The number of carbonyl (C=O) groups is 2. The normalized spacial score (nSPS) is 17.4. The summed E-state index contributed by atoms with van der Waals surface area (Å²) in [6, 6.07) is 7.57. The van der Waals surface area contributed by atoms with Gasteiger partial charge in [-0.25, -0.2) is 12.7 Å². The Hall–Kier alpha value is -3.61. The Labute approximate surface area is 215 Å². The molecule has 200 valence electrons. The molecule has 1 N–H and O–H groups in total. The van der Waals surface area contributed by atoms with E-state index in [2.05, 4.69) is 0 Å². The summed E-state index contributed by atoms with van der Waals surface area (Å²) in [5.74, 6) is -1.24. The molecule has 1 saturated heterocycles. The molecule has 1 aliphatic rings. The monoisotopic (exact) mass is 534 g/mol. The molecule has 1 aliphatic heterocycles. The van der Waals surface area contributed by atoms with Gasteiger partial charge in [-0.3, -0.25) is 9.59 Å². The average Bonchev–Trinajstić information content (AvgIpc) is 3.15. The average molecular weight is 535 g/mol. The van der Waals surface area contributed by atoms with E-state index in [1.165, 1.54) is 71.7 Å². The van der Waals surface area contributed by atoms with E-state index in [0.717, 1.165) is 4.31 Å². The molecule has 0 saturated carbocycles. The minimum absolute atomic E-state index is 0.00998. The molecule has 11 nitrogen and oxygen atoms in total. The van der Waals surface area contributed by atoms with Crippen LogP contribution in [-0.4, -0.2) is 90.1 Å². The van der Waals surface area contributed by atoms with E-state index in [1.807, 2.05) is 0 Å². The summed E-state index contributed by atoms with van der Waals surface area (Å²) >= 11 is 0. The maximum atomic E-state index is 13.2. The number of likely N-dealkylation sites (tertiary alicyclic amines) is 1. The number of benzene rings is 2. The fourth-order valence-corrected chi connectivity index (χ4v) is 4.96. The summed E-state index contributed by atoms with van der Waals surface area (Å²) in [4.78, 5) is 27.5. The summed E-state index contributed by atoms with van der Waals surface area (Å²) in [6.45, 7) is 0.213. The smallest absolute Gasteiger partial charge is 0.295 e. The summed E-state index contributed by atoms with van der Waals surface area (Å²) in [7, 11) is 4.90. The van der Waals surface area contributed by atoms with Crippen molar-refractivity contribution < 1.29 is 42.1 Å². The summed E-state index contributed by atoms with van der Waals surface area (Å²) in [5, 5.41) is 11.2. The molecule has 0 radical (unpaired) electrons. The minimum atomic E-state index is -3.70. The number of rotatable bonds is 10. The highest BCUT2D eigenvalue weighted by molar-refractivity contribution is 7.89. The molecule has 1 heterocycles. The molecule has 0 aromatic heterocycles. The van der Waals surface area contributed by atoms with Crippen LogP contribution >= 0.6 is 0 Å². The number of aliphatic hydroxyl groups is 1. The molecule has 12 heteroatoms. The van der Waals surface area contributed by atoms with E-state index >= 15 is 0 Å². The standard InChI is InChI=1S/C25H30N2O9S/c1-26(2)37(31,32)17-9-7-15(8-10-17)22(28)20-21(27(11-12-33-3)25(30)23(20)29)16-13-18(34-4)24(36-6)19(14-16)35-5/h7-10,13-14,21,28H,11-12H2,1-6H3/b22-20-. The van der Waals surface area contributed by atoms with E-state index < -0.39 is 33.5 Å². The van der Waals surface area contributed by atoms with Gasteiger partial charge in [0, 0.05) is 33.3 Å². The lowest BCUT2D eigenvalue weighted by molar-refractivity contribution is -0.140. The first-order chi connectivity index (χ1) is 17.5. The molecule has 0 spiro atoms. The van der Waals surface area contributed by atoms with Crippen LogP contribution in [0.4, 0.5) is 0 Å². The van der Waals surface area contributed by atoms with Crippen molar-refractivity contribution in [2.45, 2.75) is 10.9 Å². The quantitative estimate of drug-likeness (QED) is 0.276. The van der Waals surface area contributed by atoms with E-state index in [0.29, 0.717) is 22.8 Å². The zero-order chi connectivity index (χ0) is 27.5. The highest BCUT2D eigenvalue weighted by Gasteiger charge is 2.46. The van der Waals surface area contributed by atoms with Gasteiger partial charge < -0.3 is 29.0 Å². The molecule has 1 atom stereocenters. The van der Waals surface area contributed by atoms with Gasteiger partial charge in [0.05, 0.1) is 44.4 Å². The highest BCUT2D eigenvalue weighted by atomic mass is 32.2. The minimum Gasteiger partial charge on any atom is -0.507 e. The number of sulfonamides is 1. The number of ketones is 1. The van der Waals surface area contributed by atoms with Crippen LogP contribution < -0.4 is 14.2 Å². The summed E-state index contributed by atoms with van der Waals surface area (Å²) in [5.41, 5.74) is 0.427. The first kappa shape index (κ1) is 28.0. The van der Waals surface area contributed by atoms with Crippen molar-refractivity contribution in [3.8, 4) is 17.2 Å². The molecule has 1 unspecified atom stereocenters. The Balaban J connectivity index is 2.23. The third kappa shape index (κ3) is 5.13. The van der Waals surface area contributed by atoms with Gasteiger partial charge in [-0.15, -0.1) is 0 Å². The topological polar surface area (TPSA) is 132 Å². The van der Waals surface area contributed by atoms with Crippen LogP contribution in [0, 0.1) is 0 Å². The van der Waals surface area contributed by atoms with Crippen LogP contribution in [0.15, 0.2) is 46.9 Å². The Morgan fingerprint density at radius 1 is 0.973 bits per heavy atom. The predicted molar refractivity (Wildman–Crippen MR) is 134 cm³/mol. The van der Waals surface area contributed by atoms with Crippen molar-refractivity contribution in [1.82, 2.24) is 9.21 Å². The van der Waals surface area contributed by atoms with Gasteiger partial charge in [0.15, 0.2) is 11.5 Å². The summed E-state index contributed by atoms with van der Waals surface area (Å²) in [6.07, 6.45) is 0. The Bertz CT molecular complexity index is 1290. The van der Waals surface area contributed by atoms with Crippen molar-refractivity contribution in [2.24, 2.45) is 0 Å². The van der Waals surface area contributed by atoms with Gasteiger partial charge in [0.2, 0.25) is 15.8 Å². The second kappa shape index (κ2) is 11.2. The molecule has 0 aliphatic carbocycles. The van der Waals surface area contributed by atoms with E-state index in [1.54, 1.807) is 12.1 Å². The number of amides is 1. The lowest BCUT2D eigenvalue weighted by atomic mass is 9.94. The predicted octanol–water partition coefficient (Wildman–Crippen LogP) is 2.03. The molecule has 2 aromatic rings. The Morgan fingerprint density at radius 3 is 2.00 bits per heavy atom. The lowest BCUT2D eigenvalue weighted by Gasteiger charge is -2.26. The van der Waals surface area contributed by atoms with Gasteiger partial charge in [-0.1, -0.05) is 0 Å². The van der Waals surface area contributed by atoms with Crippen molar-refractivity contribution >= 4 is 27.5 Å². The summed E-state index contributed by atoms with van der Waals surface area (Å²) < 4.78 is 47.3. The van der Waals surface area contributed by atoms with Gasteiger partial charge in [0.25, 0.3) is 11.7 Å². The van der Waals surface area contributed by atoms with Crippen LogP contribution in [0.1, 0.15) is 17.2 Å². The molecule has 3 rings (SSSR count). The number of carbonyl (C=O) groups excluding carboxylic acids is 2. The van der Waals surface area contributed by atoms with E-state index in [9.17, 15) is 23.1 Å². The molecule has 37 heavy (non-hydrogen) atoms. The molecule has 1 fully saturated rings. The fourth-order valence-electron chi connectivity index (χ4n) is 4.06. The SMILES string of the molecule is COCCN1C(=O)C(=O)/C(=C(\O)c2ccc(S(=O)(=O)N(C)C)cc2)C1c1cc(OC)c(OC)c(OC)c1. The van der Waals surface area contributed by atoms with Crippen molar-refractivity contribution in [1.29, 1.82) is 0 Å². The van der Waals surface area contributed by atoms with Crippen molar-refractivity contribution in [2.75, 3.05) is 55.7 Å². The van der Waals surface area contributed by atoms with Crippen LogP contribution in [-0.2, 0) is 24.3 Å². The third-order valence-electron chi connectivity index (χ3n) is 5.99. The van der Waals surface area contributed by atoms with Crippen LogP contribution in [0.25, 0.3) is 5.76 Å². The number of Topliss-reactive ketones (excluding diaryl/α,β-unsaturated/α-hetero) is 1. The number of methoxy groups -OCH3 is 4. The van der Waals surface area contributed by atoms with Gasteiger partial charge >= 0.3 is 0 Å². The Kier molecular flexibility index (Phi) is 8.46. The first-order valence-corrected chi connectivity index (χ1v) is 12.6.